The highest BCUT2D eigenvalue weighted by molar-refractivity contribution is 5.81. The van der Waals surface area contributed by atoms with Gasteiger partial charge in [0.1, 0.15) is 5.58 Å². The summed E-state index contributed by atoms with van der Waals surface area (Å²) in [6.45, 7) is 0. The number of hydrogen-bond donors (Lipinski definition) is 2. The zero-order valence-electron chi connectivity index (χ0n) is 10.5. The van der Waals surface area contributed by atoms with Crippen LogP contribution in [0.15, 0.2) is 34.9 Å². The molecule has 1 atom stereocenters. The fourth-order valence-corrected chi connectivity index (χ4v) is 3.01. The Hall–Kier alpha value is -1.32. The van der Waals surface area contributed by atoms with Crippen molar-refractivity contribution in [2.45, 2.75) is 37.8 Å². The number of rotatable bonds is 2. The molecule has 2 aromatic rings. The van der Waals surface area contributed by atoms with E-state index in [1.54, 1.807) is 0 Å². The summed E-state index contributed by atoms with van der Waals surface area (Å²) < 4.78 is 5.58. The predicted molar refractivity (Wildman–Crippen MR) is 73.1 cm³/mol. The van der Waals surface area contributed by atoms with Gasteiger partial charge in [-0.15, -0.1) is 0 Å². The van der Waals surface area contributed by atoms with Crippen molar-refractivity contribution in [2.24, 2.45) is 17.4 Å². The van der Waals surface area contributed by atoms with Crippen LogP contribution in [0.1, 0.15) is 37.3 Å². The summed E-state index contributed by atoms with van der Waals surface area (Å²) in [6, 6.07) is 8.53. The fraction of sp³-hybridized carbons (Fsp3) is 0.467. The second kappa shape index (κ2) is 4.75. The van der Waals surface area contributed by atoms with Crippen molar-refractivity contribution in [3.05, 3.63) is 36.1 Å². The van der Waals surface area contributed by atoms with Crippen LogP contribution in [0.5, 0.6) is 0 Å². The smallest absolute Gasteiger partial charge is 0.134 e. The topological polar surface area (TPSA) is 65.2 Å². The number of furan rings is 1. The highest BCUT2D eigenvalue weighted by Crippen LogP contribution is 2.36. The van der Waals surface area contributed by atoms with E-state index in [-0.39, 0.29) is 6.04 Å². The molecule has 1 fully saturated rings. The van der Waals surface area contributed by atoms with Gasteiger partial charge in [0.05, 0.1) is 6.26 Å². The number of benzene rings is 1. The summed E-state index contributed by atoms with van der Waals surface area (Å²) in [5, 5.41) is 1.15. The molecule has 4 N–H and O–H groups in total. The first-order valence-corrected chi connectivity index (χ1v) is 6.73. The molecule has 1 unspecified atom stereocenters. The third kappa shape index (κ3) is 2.04. The van der Waals surface area contributed by atoms with Gasteiger partial charge in [0.25, 0.3) is 0 Å². The van der Waals surface area contributed by atoms with Crippen LogP contribution in [0.2, 0.25) is 0 Å². The first kappa shape index (κ1) is 11.8. The maximum atomic E-state index is 6.42. The van der Waals surface area contributed by atoms with Crippen LogP contribution < -0.4 is 11.5 Å². The van der Waals surface area contributed by atoms with E-state index in [1.807, 2.05) is 24.5 Å². The van der Waals surface area contributed by atoms with Gasteiger partial charge in [-0.3, -0.25) is 0 Å². The van der Waals surface area contributed by atoms with E-state index in [4.69, 9.17) is 15.9 Å². The molecule has 3 nitrogen and oxygen atoms in total. The molecule has 1 aromatic heterocycles. The molecule has 18 heavy (non-hydrogen) atoms. The van der Waals surface area contributed by atoms with Crippen LogP contribution >= 0.6 is 0 Å². The van der Waals surface area contributed by atoms with E-state index >= 15 is 0 Å². The van der Waals surface area contributed by atoms with Gasteiger partial charge >= 0.3 is 0 Å². The highest BCUT2D eigenvalue weighted by atomic mass is 16.3. The van der Waals surface area contributed by atoms with Crippen molar-refractivity contribution in [3.63, 3.8) is 0 Å². The van der Waals surface area contributed by atoms with Crippen molar-refractivity contribution < 1.29 is 4.42 Å². The van der Waals surface area contributed by atoms with Crippen LogP contribution in [0.25, 0.3) is 11.0 Å². The molecule has 0 spiro atoms. The summed E-state index contributed by atoms with van der Waals surface area (Å²) in [4.78, 5) is 0. The number of fused-ring (bicyclic) bond motifs is 1. The van der Waals surface area contributed by atoms with E-state index < -0.39 is 0 Å². The molecule has 0 amide bonds. The van der Waals surface area contributed by atoms with Gasteiger partial charge in [-0.25, -0.2) is 0 Å². The average molecular weight is 244 g/mol. The van der Waals surface area contributed by atoms with Gasteiger partial charge in [0.15, 0.2) is 0 Å². The molecule has 0 radical (unpaired) electrons. The van der Waals surface area contributed by atoms with E-state index in [0.29, 0.717) is 12.0 Å². The monoisotopic (exact) mass is 244 g/mol. The SMILES string of the molecule is NC1CCC(C(N)c2coc3ccccc23)CC1. The van der Waals surface area contributed by atoms with Gasteiger partial charge in [0.2, 0.25) is 0 Å². The molecule has 1 heterocycles. The first-order valence-electron chi connectivity index (χ1n) is 6.73. The number of para-hydroxylation sites is 1. The molecular weight excluding hydrogens is 224 g/mol. The second-order valence-electron chi connectivity index (χ2n) is 5.39. The van der Waals surface area contributed by atoms with Crippen LogP contribution in [0, 0.1) is 5.92 Å². The van der Waals surface area contributed by atoms with E-state index in [9.17, 15) is 0 Å². The quantitative estimate of drug-likeness (QED) is 0.853. The Morgan fingerprint density at radius 1 is 1.11 bits per heavy atom. The Morgan fingerprint density at radius 2 is 1.83 bits per heavy atom. The largest absolute Gasteiger partial charge is 0.464 e. The number of nitrogens with two attached hydrogens (primary N) is 2. The van der Waals surface area contributed by atoms with Gasteiger partial charge in [-0.1, -0.05) is 18.2 Å². The third-order valence-electron chi connectivity index (χ3n) is 4.19. The lowest BCUT2D eigenvalue weighted by Crippen LogP contribution is -2.31. The zero-order valence-corrected chi connectivity index (χ0v) is 10.5. The molecule has 0 bridgehead atoms. The second-order valence-corrected chi connectivity index (χ2v) is 5.39. The lowest BCUT2D eigenvalue weighted by molar-refractivity contribution is 0.285. The molecule has 1 aliphatic carbocycles. The molecule has 1 aromatic carbocycles. The Balaban J connectivity index is 1.85. The molecule has 1 saturated carbocycles. The van der Waals surface area contributed by atoms with Crippen molar-refractivity contribution in [1.82, 2.24) is 0 Å². The standard InChI is InChI=1S/C15H20N2O/c16-11-7-5-10(6-8-11)15(17)13-9-18-14-4-2-1-3-12(13)14/h1-4,9-11,15H,5-8,16-17H2. The van der Waals surface area contributed by atoms with Gasteiger partial charge < -0.3 is 15.9 Å². The Labute approximate surface area is 107 Å². The van der Waals surface area contributed by atoms with Crippen molar-refractivity contribution >= 4 is 11.0 Å². The summed E-state index contributed by atoms with van der Waals surface area (Å²) in [5.41, 5.74) is 14.4. The Kier molecular flexibility index (Phi) is 3.10. The molecule has 3 heteroatoms. The van der Waals surface area contributed by atoms with Crippen LogP contribution in [0.4, 0.5) is 0 Å². The first-order chi connectivity index (χ1) is 8.75. The summed E-state index contributed by atoms with van der Waals surface area (Å²) in [6.07, 6.45) is 6.26. The van der Waals surface area contributed by atoms with Crippen molar-refractivity contribution in [2.75, 3.05) is 0 Å². The Bertz CT molecular complexity index is 526. The average Bonchev–Trinajstić information content (AvgIpc) is 2.82. The van der Waals surface area contributed by atoms with Crippen LogP contribution in [0.3, 0.4) is 0 Å². The molecular formula is C15H20N2O. The molecule has 1 aliphatic rings. The predicted octanol–water partition coefficient (Wildman–Crippen LogP) is 2.95. The van der Waals surface area contributed by atoms with Gasteiger partial charge in [-0.05, 0) is 37.7 Å². The Morgan fingerprint density at radius 3 is 2.61 bits per heavy atom. The van der Waals surface area contributed by atoms with Gasteiger partial charge in [-0.2, -0.15) is 0 Å². The molecule has 96 valence electrons. The van der Waals surface area contributed by atoms with Gasteiger partial charge in [0, 0.05) is 23.0 Å². The minimum absolute atomic E-state index is 0.0705. The normalized spacial score (nSPS) is 26.3. The lowest BCUT2D eigenvalue weighted by atomic mass is 9.80. The van der Waals surface area contributed by atoms with Crippen LogP contribution in [-0.4, -0.2) is 6.04 Å². The van der Waals surface area contributed by atoms with E-state index in [0.717, 1.165) is 42.2 Å². The van der Waals surface area contributed by atoms with E-state index in [2.05, 4.69) is 6.07 Å². The fourth-order valence-electron chi connectivity index (χ4n) is 3.01. The minimum atomic E-state index is 0.0705. The summed E-state index contributed by atoms with van der Waals surface area (Å²) >= 11 is 0. The van der Waals surface area contributed by atoms with Crippen molar-refractivity contribution in [3.8, 4) is 0 Å². The maximum absolute atomic E-state index is 6.42. The molecule has 3 rings (SSSR count). The zero-order chi connectivity index (χ0) is 12.5. The minimum Gasteiger partial charge on any atom is -0.464 e. The summed E-state index contributed by atoms with van der Waals surface area (Å²) in [7, 11) is 0. The lowest BCUT2D eigenvalue weighted by Gasteiger charge is -2.30. The van der Waals surface area contributed by atoms with Crippen molar-refractivity contribution in [1.29, 1.82) is 0 Å². The highest BCUT2D eigenvalue weighted by Gasteiger charge is 2.26. The summed E-state index contributed by atoms with van der Waals surface area (Å²) in [5.74, 6) is 0.533. The molecule has 0 aliphatic heterocycles. The van der Waals surface area contributed by atoms with Crippen LogP contribution in [-0.2, 0) is 0 Å². The number of hydrogen-bond acceptors (Lipinski definition) is 3. The molecule has 0 saturated heterocycles. The third-order valence-corrected chi connectivity index (χ3v) is 4.19. The van der Waals surface area contributed by atoms with E-state index in [1.165, 1.54) is 0 Å². The maximum Gasteiger partial charge on any atom is 0.134 e.